The Kier molecular flexibility index (Phi) is 7.48. The number of hydrogen-bond acceptors (Lipinski definition) is 0. The molecule has 0 N–H and O–H groups in total. The maximum atomic E-state index is 4.18. The van der Waals surface area contributed by atoms with Gasteiger partial charge in [-0.05, 0) is 53.9 Å². The second-order valence-corrected chi connectivity index (χ2v) is 7.74. The Morgan fingerprint density at radius 1 is 1.08 bits per heavy atom. The van der Waals surface area contributed by atoms with E-state index in [1.165, 1.54) is 22.3 Å². The molecule has 0 aliphatic carbocycles. The molecule has 24 heavy (non-hydrogen) atoms. The fourth-order valence-electron chi connectivity index (χ4n) is 2.75. The highest BCUT2D eigenvalue weighted by molar-refractivity contribution is 5.81. The van der Waals surface area contributed by atoms with Crippen molar-refractivity contribution in [1.82, 2.24) is 0 Å². The SMILES string of the molecule is C=C(C)\C(=C(C)/C=C\C=C/CC)c1ccc(C(C)C(C)(C)C)cc1. The second-order valence-electron chi connectivity index (χ2n) is 7.74. The Morgan fingerprint density at radius 3 is 2.12 bits per heavy atom. The van der Waals surface area contributed by atoms with Crippen LogP contribution in [0.5, 0.6) is 0 Å². The predicted octanol–water partition coefficient (Wildman–Crippen LogP) is 7.71. The van der Waals surface area contributed by atoms with Crippen molar-refractivity contribution in [1.29, 1.82) is 0 Å². The Bertz CT molecular complexity index is 628. The van der Waals surface area contributed by atoms with Crippen molar-refractivity contribution in [2.75, 3.05) is 0 Å². The fraction of sp³-hybridized carbons (Fsp3) is 0.417. The molecular formula is C24H34. The van der Waals surface area contributed by atoms with Crippen LogP contribution in [0.3, 0.4) is 0 Å². The monoisotopic (exact) mass is 322 g/mol. The lowest BCUT2D eigenvalue weighted by Crippen LogP contribution is -2.15. The van der Waals surface area contributed by atoms with E-state index in [4.69, 9.17) is 0 Å². The van der Waals surface area contributed by atoms with Crippen molar-refractivity contribution < 1.29 is 0 Å². The smallest absolute Gasteiger partial charge is 0.0131 e. The van der Waals surface area contributed by atoms with Gasteiger partial charge in [0, 0.05) is 0 Å². The molecule has 0 aromatic heterocycles. The average molecular weight is 323 g/mol. The molecule has 1 unspecified atom stereocenters. The van der Waals surface area contributed by atoms with Gasteiger partial charge in [-0.2, -0.15) is 0 Å². The predicted molar refractivity (Wildman–Crippen MR) is 110 cm³/mol. The molecule has 0 aliphatic heterocycles. The van der Waals surface area contributed by atoms with E-state index in [9.17, 15) is 0 Å². The Morgan fingerprint density at radius 2 is 1.67 bits per heavy atom. The zero-order valence-electron chi connectivity index (χ0n) is 16.6. The molecule has 0 radical (unpaired) electrons. The fourth-order valence-corrected chi connectivity index (χ4v) is 2.75. The summed E-state index contributed by atoms with van der Waals surface area (Å²) >= 11 is 0. The van der Waals surface area contributed by atoms with E-state index >= 15 is 0 Å². The summed E-state index contributed by atoms with van der Waals surface area (Å²) in [6.07, 6.45) is 9.61. The summed E-state index contributed by atoms with van der Waals surface area (Å²) < 4.78 is 0. The minimum Gasteiger partial charge on any atom is -0.0955 e. The van der Waals surface area contributed by atoms with Gasteiger partial charge < -0.3 is 0 Å². The largest absolute Gasteiger partial charge is 0.0955 e. The summed E-state index contributed by atoms with van der Waals surface area (Å²) in [6.45, 7) is 19.8. The molecule has 1 rings (SSSR count). The van der Waals surface area contributed by atoms with Crippen molar-refractivity contribution in [3.63, 3.8) is 0 Å². The molecule has 0 amide bonds. The molecule has 0 nitrogen and oxygen atoms in total. The standard InChI is InChI=1S/C24H34/c1-9-10-11-12-13-19(4)23(18(2)3)22-16-14-21(15-17-22)20(5)24(6,7)8/h10-17,20H,2,9H2,1,3-8H3/b11-10-,13-12-,23-19+. The third-order valence-electron chi connectivity index (χ3n) is 4.65. The van der Waals surface area contributed by atoms with Gasteiger partial charge in [0.2, 0.25) is 0 Å². The first-order valence-corrected chi connectivity index (χ1v) is 8.98. The second kappa shape index (κ2) is 8.87. The summed E-state index contributed by atoms with van der Waals surface area (Å²) in [6, 6.07) is 9.01. The summed E-state index contributed by atoms with van der Waals surface area (Å²) in [5.74, 6) is 0.531. The van der Waals surface area contributed by atoms with Crippen LogP contribution in [0.2, 0.25) is 0 Å². The zero-order chi connectivity index (χ0) is 18.3. The lowest BCUT2D eigenvalue weighted by atomic mass is 9.77. The molecule has 0 heterocycles. The quantitative estimate of drug-likeness (QED) is 0.470. The van der Waals surface area contributed by atoms with Gasteiger partial charge in [-0.1, -0.05) is 95.3 Å². The number of hydrogen-bond donors (Lipinski definition) is 0. The highest BCUT2D eigenvalue weighted by atomic mass is 14.3. The van der Waals surface area contributed by atoms with Crippen LogP contribution in [0.25, 0.3) is 5.57 Å². The summed E-state index contributed by atoms with van der Waals surface area (Å²) in [7, 11) is 0. The first kappa shape index (κ1) is 20.2. The van der Waals surface area contributed by atoms with Gasteiger partial charge >= 0.3 is 0 Å². The van der Waals surface area contributed by atoms with E-state index in [1.54, 1.807) is 0 Å². The van der Waals surface area contributed by atoms with Gasteiger partial charge in [0.25, 0.3) is 0 Å². The highest BCUT2D eigenvalue weighted by Crippen LogP contribution is 2.35. The average Bonchev–Trinajstić information content (AvgIpc) is 2.50. The molecule has 0 aliphatic rings. The third-order valence-corrected chi connectivity index (χ3v) is 4.65. The maximum absolute atomic E-state index is 4.18. The molecular weight excluding hydrogens is 288 g/mol. The van der Waals surface area contributed by atoms with E-state index in [-0.39, 0.29) is 5.41 Å². The molecule has 0 bridgehead atoms. The van der Waals surface area contributed by atoms with Crippen LogP contribution in [-0.2, 0) is 0 Å². The van der Waals surface area contributed by atoms with Crippen LogP contribution in [-0.4, -0.2) is 0 Å². The van der Waals surface area contributed by atoms with Gasteiger partial charge in [0.15, 0.2) is 0 Å². The number of benzene rings is 1. The van der Waals surface area contributed by atoms with Crippen molar-refractivity contribution >= 4 is 5.57 Å². The maximum Gasteiger partial charge on any atom is -0.0131 e. The molecule has 0 saturated heterocycles. The molecule has 0 fully saturated rings. The number of rotatable bonds is 6. The molecule has 1 atom stereocenters. The first-order chi connectivity index (χ1) is 11.2. The molecule has 0 heteroatoms. The van der Waals surface area contributed by atoms with Crippen LogP contribution in [0.15, 0.2) is 66.3 Å². The molecule has 130 valence electrons. The zero-order valence-corrected chi connectivity index (χ0v) is 16.6. The first-order valence-electron chi connectivity index (χ1n) is 8.98. The van der Waals surface area contributed by atoms with E-state index < -0.39 is 0 Å². The molecule has 1 aromatic rings. The van der Waals surface area contributed by atoms with Gasteiger partial charge in [-0.25, -0.2) is 0 Å². The molecule has 0 spiro atoms. The molecule has 1 aromatic carbocycles. The van der Waals surface area contributed by atoms with Crippen LogP contribution >= 0.6 is 0 Å². The normalized spacial score (nSPS) is 15.0. The van der Waals surface area contributed by atoms with E-state index in [1.807, 2.05) is 0 Å². The lowest BCUT2D eigenvalue weighted by Gasteiger charge is -2.28. The van der Waals surface area contributed by atoms with E-state index in [2.05, 4.69) is 104 Å². The van der Waals surface area contributed by atoms with Crippen molar-refractivity contribution in [3.8, 4) is 0 Å². The Balaban J connectivity index is 3.17. The van der Waals surface area contributed by atoms with Crippen molar-refractivity contribution in [3.05, 3.63) is 77.4 Å². The lowest BCUT2D eigenvalue weighted by molar-refractivity contribution is 0.339. The van der Waals surface area contributed by atoms with Crippen molar-refractivity contribution in [2.24, 2.45) is 5.41 Å². The third kappa shape index (κ3) is 5.67. The van der Waals surface area contributed by atoms with E-state index in [0.717, 1.165) is 12.0 Å². The highest BCUT2D eigenvalue weighted by Gasteiger charge is 2.21. The summed E-state index contributed by atoms with van der Waals surface area (Å²) in [5, 5.41) is 0. The van der Waals surface area contributed by atoms with Crippen molar-refractivity contribution in [2.45, 2.75) is 60.8 Å². The minimum atomic E-state index is 0.277. The molecule has 0 saturated carbocycles. The minimum absolute atomic E-state index is 0.277. The topological polar surface area (TPSA) is 0 Å². The summed E-state index contributed by atoms with van der Waals surface area (Å²) in [5.41, 5.74) is 6.51. The number of allylic oxidation sites excluding steroid dienone is 7. The van der Waals surface area contributed by atoms with E-state index in [0.29, 0.717) is 5.92 Å². The Labute approximate surface area is 149 Å². The van der Waals surface area contributed by atoms with Gasteiger partial charge in [0.1, 0.15) is 0 Å². The van der Waals surface area contributed by atoms with Gasteiger partial charge in [-0.15, -0.1) is 0 Å². The van der Waals surface area contributed by atoms with Crippen LogP contribution < -0.4 is 0 Å². The van der Waals surface area contributed by atoms with Gasteiger partial charge in [0.05, 0.1) is 0 Å². The van der Waals surface area contributed by atoms with Crippen LogP contribution in [0.4, 0.5) is 0 Å². The van der Waals surface area contributed by atoms with Crippen LogP contribution in [0, 0.1) is 5.41 Å². The van der Waals surface area contributed by atoms with Gasteiger partial charge in [-0.3, -0.25) is 0 Å². The Hall–Kier alpha value is -1.82. The summed E-state index contributed by atoms with van der Waals surface area (Å²) in [4.78, 5) is 0. The van der Waals surface area contributed by atoms with Crippen LogP contribution in [0.1, 0.15) is 71.9 Å².